The van der Waals surface area contributed by atoms with Gasteiger partial charge in [0.1, 0.15) is 11.5 Å². The van der Waals surface area contributed by atoms with Gasteiger partial charge in [-0.1, -0.05) is 54.6 Å². The second kappa shape index (κ2) is 9.36. The van der Waals surface area contributed by atoms with E-state index in [1.54, 1.807) is 59.2 Å². The Labute approximate surface area is 186 Å². The van der Waals surface area contributed by atoms with Gasteiger partial charge in [-0.15, -0.1) is 0 Å². The van der Waals surface area contributed by atoms with E-state index in [1.165, 1.54) is 6.07 Å². The molecule has 0 aliphatic heterocycles. The van der Waals surface area contributed by atoms with Gasteiger partial charge in [0.2, 0.25) is 0 Å². The van der Waals surface area contributed by atoms with Gasteiger partial charge in [-0.25, -0.2) is 12.8 Å². The number of sulfone groups is 1. The molecule has 0 fully saturated rings. The van der Waals surface area contributed by atoms with E-state index in [0.29, 0.717) is 11.3 Å². The van der Waals surface area contributed by atoms with Crippen molar-refractivity contribution in [3.05, 3.63) is 102 Å². The lowest BCUT2D eigenvalue weighted by Gasteiger charge is -2.12. The zero-order valence-electron chi connectivity index (χ0n) is 17.4. The van der Waals surface area contributed by atoms with Crippen LogP contribution in [0.5, 0.6) is 0 Å². The summed E-state index contributed by atoms with van der Waals surface area (Å²) in [5.74, 6) is -0.715. The first kappa shape index (κ1) is 21.8. The molecule has 164 valence electrons. The quantitative estimate of drug-likeness (QED) is 0.404. The number of rotatable bonds is 8. The fraction of sp³-hybridized carbons (Fsp3) is 0.160. The van der Waals surface area contributed by atoms with Crippen LogP contribution in [0.3, 0.4) is 0 Å². The molecule has 4 aromatic rings. The summed E-state index contributed by atoms with van der Waals surface area (Å²) in [4.78, 5) is 13.2. The van der Waals surface area contributed by atoms with Crippen LogP contribution in [0.2, 0.25) is 0 Å². The Hall–Kier alpha value is -3.45. The first-order valence-electron chi connectivity index (χ1n) is 10.3. The molecule has 0 saturated carbocycles. The van der Waals surface area contributed by atoms with Gasteiger partial charge in [-0.3, -0.25) is 4.79 Å². The molecule has 3 aromatic carbocycles. The van der Waals surface area contributed by atoms with E-state index in [-0.39, 0.29) is 41.9 Å². The standard InChI is InChI=1S/C25H23FN2O3S/c26-22-13-6-4-10-20(22)18-28-23-14-7-5-9-19(23)17-24(28)25(29)27-15-8-16-32(30,31)21-11-2-1-3-12-21/h1-7,9-14,17H,8,15-16,18H2,(H,27,29). The van der Waals surface area contributed by atoms with Crippen molar-refractivity contribution in [2.75, 3.05) is 12.3 Å². The van der Waals surface area contributed by atoms with Crippen molar-refractivity contribution in [2.24, 2.45) is 0 Å². The van der Waals surface area contributed by atoms with E-state index in [1.807, 2.05) is 24.3 Å². The minimum absolute atomic E-state index is 0.0600. The number of nitrogens with zero attached hydrogens (tertiary/aromatic N) is 1. The van der Waals surface area contributed by atoms with Gasteiger partial charge >= 0.3 is 0 Å². The van der Waals surface area contributed by atoms with Crippen LogP contribution in [0.15, 0.2) is 89.8 Å². The van der Waals surface area contributed by atoms with Gasteiger partial charge in [0.05, 0.1) is 17.2 Å². The summed E-state index contributed by atoms with van der Waals surface area (Å²) in [7, 11) is -3.40. The third-order valence-corrected chi connectivity index (χ3v) is 7.12. The van der Waals surface area contributed by atoms with Gasteiger partial charge < -0.3 is 9.88 Å². The van der Waals surface area contributed by atoms with Gasteiger partial charge in [0.25, 0.3) is 5.91 Å². The van der Waals surface area contributed by atoms with Crippen molar-refractivity contribution in [3.63, 3.8) is 0 Å². The molecule has 1 aromatic heterocycles. The SMILES string of the molecule is O=C(NCCCS(=O)(=O)c1ccccc1)c1cc2ccccc2n1Cc1ccccc1F. The Morgan fingerprint density at radius 3 is 2.38 bits per heavy atom. The maximum Gasteiger partial charge on any atom is 0.267 e. The van der Waals surface area contributed by atoms with Crippen LogP contribution in [-0.2, 0) is 16.4 Å². The number of benzene rings is 3. The van der Waals surface area contributed by atoms with Crippen molar-refractivity contribution < 1.29 is 17.6 Å². The summed E-state index contributed by atoms with van der Waals surface area (Å²) in [6.07, 6.45) is 0.288. The molecular weight excluding hydrogens is 427 g/mol. The van der Waals surface area contributed by atoms with Crippen molar-refractivity contribution in [1.29, 1.82) is 0 Å². The number of hydrogen-bond donors (Lipinski definition) is 1. The minimum atomic E-state index is -3.40. The molecule has 1 amide bonds. The lowest BCUT2D eigenvalue weighted by Crippen LogP contribution is -2.28. The van der Waals surface area contributed by atoms with Gasteiger partial charge in [-0.05, 0) is 36.8 Å². The van der Waals surface area contributed by atoms with E-state index in [4.69, 9.17) is 0 Å². The monoisotopic (exact) mass is 450 g/mol. The minimum Gasteiger partial charge on any atom is -0.351 e. The van der Waals surface area contributed by atoms with Crippen LogP contribution in [0.25, 0.3) is 10.9 Å². The molecule has 0 atom stereocenters. The van der Waals surface area contributed by atoms with Crippen molar-refractivity contribution >= 4 is 26.6 Å². The number of nitrogens with one attached hydrogen (secondary N) is 1. The van der Waals surface area contributed by atoms with Crippen LogP contribution in [0.4, 0.5) is 4.39 Å². The molecule has 32 heavy (non-hydrogen) atoms. The summed E-state index contributed by atoms with van der Waals surface area (Å²) < 4.78 is 40.8. The first-order valence-corrected chi connectivity index (χ1v) is 12.0. The lowest BCUT2D eigenvalue weighted by atomic mass is 10.2. The van der Waals surface area contributed by atoms with Crippen molar-refractivity contribution in [2.45, 2.75) is 17.9 Å². The molecule has 1 heterocycles. The highest BCUT2D eigenvalue weighted by molar-refractivity contribution is 7.91. The molecule has 7 heteroatoms. The predicted molar refractivity (Wildman–Crippen MR) is 123 cm³/mol. The molecule has 4 rings (SSSR count). The van der Waals surface area contributed by atoms with Crippen LogP contribution in [0.1, 0.15) is 22.5 Å². The fourth-order valence-electron chi connectivity index (χ4n) is 3.67. The number of carbonyl (C=O) groups excluding carboxylic acids is 1. The molecule has 0 unspecified atom stereocenters. The molecule has 0 saturated heterocycles. The van der Waals surface area contributed by atoms with Crippen molar-refractivity contribution in [1.82, 2.24) is 9.88 Å². The van der Waals surface area contributed by atoms with E-state index < -0.39 is 9.84 Å². The summed E-state index contributed by atoms with van der Waals surface area (Å²) in [5, 5.41) is 3.68. The second-order valence-electron chi connectivity index (χ2n) is 7.51. The fourth-order valence-corrected chi connectivity index (χ4v) is 5.00. The summed E-state index contributed by atoms with van der Waals surface area (Å²) in [5.41, 5.74) is 1.71. The molecule has 1 N–H and O–H groups in total. The average Bonchev–Trinajstić information content (AvgIpc) is 3.17. The van der Waals surface area contributed by atoms with Gasteiger partial charge in [-0.2, -0.15) is 0 Å². The molecule has 5 nitrogen and oxygen atoms in total. The van der Waals surface area contributed by atoms with Gasteiger partial charge in [0, 0.05) is 23.0 Å². The molecule has 0 aliphatic rings. The summed E-state index contributed by atoms with van der Waals surface area (Å²) >= 11 is 0. The Morgan fingerprint density at radius 2 is 1.59 bits per heavy atom. The largest absolute Gasteiger partial charge is 0.351 e. The smallest absolute Gasteiger partial charge is 0.267 e. The number of carbonyl (C=O) groups is 1. The highest BCUT2D eigenvalue weighted by Gasteiger charge is 2.18. The van der Waals surface area contributed by atoms with Crippen LogP contribution in [-0.4, -0.2) is 31.2 Å². The molecular formula is C25H23FN2O3S. The highest BCUT2D eigenvalue weighted by Crippen LogP contribution is 2.22. The summed E-state index contributed by atoms with van der Waals surface area (Å²) in [6.45, 7) is 0.428. The number of amides is 1. The van der Waals surface area contributed by atoms with E-state index >= 15 is 0 Å². The average molecular weight is 451 g/mol. The highest BCUT2D eigenvalue weighted by atomic mass is 32.2. The Kier molecular flexibility index (Phi) is 6.37. The van der Waals surface area contributed by atoms with E-state index in [2.05, 4.69) is 5.32 Å². The maximum atomic E-state index is 14.2. The molecule has 0 bridgehead atoms. The zero-order valence-corrected chi connectivity index (χ0v) is 18.2. The summed E-state index contributed by atoms with van der Waals surface area (Å²) in [6, 6.07) is 24.1. The number of fused-ring (bicyclic) bond motifs is 1. The third-order valence-electron chi connectivity index (χ3n) is 5.31. The molecule has 0 spiro atoms. The number of halogens is 1. The topological polar surface area (TPSA) is 68.2 Å². The number of hydrogen-bond acceptors (Lipinski definition) is 3. The first-order chi connectivity index (χ1) is 15.5. The van der Waals surface area contributed by atoms with Crippen LogP contribution < -0.4 is 5.32 Å². The Morgan fingerprint density at radius 1 is 0.906 bits per heavy atom. The van der Waals surface area contributed by atoms with Crippen LogP contribution in [0, 0.1) is 5.82 Å². The Bertz CT molecular complexity index is 1350. The van der Waals surface area contributed by atoms with Crippen molar-refractivity contribution in [3.8, 4) is 0 Å². The third kappa shape index (κ3) is 4.73. The maximum absolute atomic E-state index is 14.2. The Balaban J connectivity index is 1.48. The predicted octanol–water partition coefficient (Wildman–Crippen LogP) is 4.42. The second-order valence-corrected chi connectivity index (χ2v) is 9.62. The van der Waals surface area contributed by atoms with Gasteiger partial charge in [0.15, 0.2) is 9.84 Å². The van der Waals surface area contributed by atoms with E-state index in [9.17, 15) is 17.6 Å². The number of para-hydroxylation sites is 1. The lowest BCUT2D eigenvalue weighted by molar-refractivity contribution is 0.0945. The van der Waals surface area contributed by atoms with E-state index in [0.717, 1.165) is 10.9 Å². The molecule has 0 radical (unpaired) electrons. The normalized spacial score (nSPS) is 11.5. The van der Waals surface area contributed by atoms with Crippen LogP contribution >= 0.6 is 0 Å². The zero-order chi connectivity index (χ0) is 22.6. The molecule has 0 aliphatic carbocycles. The number of aromatic nitrogens is 1.